The Balaban J connectivity index is 2.24. The van der Waals surface area contributed by atoms with Crippen molar-refractivity contribution in [1.29, 1.82) is 0 Å². The zero-order valence-electron chi connectivity index (χ0n) is 11.3. The fourth-order valence-electron chi connectivity index (χ4n) is 1.79. The maximum atomic E-state index is 12.3. The van der Waals surface area contributed by atoms with Crippen LogP contribution in [0.2, 0.25) is 5.02 Å². The summed E-state index contributed by atoms with van der Waals surface area (Å²) in [6.07, 6.45) is 0. The monoisotopic (exact) mass is 319 g/mol. The largest absolute Gasteiger partial charge is 0.376 e. The number of hydrogen-bond acceptors (Lipinski definition) is 2. The van der Waals surface area contributed by atoms with Crippen LogP contribution in [0.4, 0.5) is 11.4 Å². The molecule has 0 aliphatic heterocycles. The fraction of sp³-hybridized carbons (Fsp3) is 0.0667. The highest BCUT2D eigenvalue weighted by Crippen LogP contribution is 2.22. The average molecular weight is 320 g/mol. The number of thiocarbonyl (C=S) groups is 1. The molecule has 108 valence electrons. The minimum Gasteiger partial charge on any atom is -0.376 e. The number of nitrogens with two attached hydrogens (primary N) is 1. The number of anilines is 2. The molecule has 0 unspecified atom stereocenters. The summed E-state index contributed by atoms with van der Waals surface area (Å²) >= 11 is 10.8. The van der Waals surface area contributed by atoms with E-state index in [1.165, 1.54) is 0 Å². The summed E-state index contributed by atoms with van der Waals surface area (Å²) < 4.78 is 0. The Morgan fingerprint density at radius 2 is 1.90 bits per heavy atom. The molecule has 2 aromatic carbocycles. The molecule has 1 amide bonds. The number of amides is 1. The van der Waals surface area contributed by atoms with Gasteiger partial charge in [-0.1, -0.05) is 29.8 Å². The van der Waals surface area contributed by atoms with Crippen LogP contribution in [-0.4, -0.2) is 11.0 Å². The summed E-state index contributed by atoms with van der Waals surface area (Å²) in [4.78, 5) is 12.3. The predicted molar refractivity (Wildman–Crippen MR) is 91.0 cm³/mol. The van der Waals surface area contributed by atoms with Gasteiger partial charge in [-0.25, -0.2) is 0 Å². The van der Waals surface area contributed by atoms with Crippen LogP contribution in [0.5, 0.6) is 0 Å². The first kappa shape index (κ1) is 15.3. The van der Waals surface area contributed by atoms with Gasteiger partial charge in [-0.3, -0.25) is 4.79 Å². The Bertz CT molecular complexity index is 703. The molecule has 4 N–H and O–H groups in total. The van der Waals surface area contributed by atoms with Gasteiger partial charge in [0.15, 0.2) is 5.11 Å². The Hall–Kier alpha value is -2.11. The van der Waals surface area contributed by atoms with E-state index < -0.39 is 0 Å². The second-order valence-electron chi connectivity index (χ2n) is 4.45. The number of nitrogens with one attached hydrogen (secondary N) is 2. The van der Waals surface area contributed by atoms with Gasteiger partial charge in [0.2, 0.25) is 0 Å². The zero-order chi connectivity index (χ0) is 15.4. The number of halogens is 1. The van der Waals surface area contributed by atoms with Gasteiger partial charge in [0.05, 0.1) is 11.3 Å². The second kappa shape index (κ2) is 6.56. The van der Waals surface area contributed by atoms with Gasteiger partial charge in [-0.15, -0.1) is 0 Å². The molecule has 0 heterocycles. The van der Waals surface area contributed by atoms with E-state index >= 15 is 0 Å². The van der Waals surface area contributed by atoms with Crippen molar-refractivity contribution in [2.24, 2.45) is 5.73 Å². The van der Waals surface area contributed by atoms with Crippen molar-refractivity contribution in [2.45, 2.75) is 6.92 Å². The highest BCUT2D eigenvalue weighted by atomic mass is 35.5. The molecule has 0 aliphatic carbocycles. The second-order valence-corrected chi connectivity index (χ2v) is 5.30. The van der Waals surface area contributed by atoms with Gasteiger partial charge in [0, 0.05) is 10.7 Å². The number of carbonyl (C=O) groups is 1. The van der Waals surface area contributed by atoms with Crippen molar-refractivity contribution in [3.05, 3.63) is 58.6 Å². The Labute approximate surface area is 133 Å². The minimum atomic E-state index is -0.269. The number of benzene rings is 2. The standard InChI is InChI=1S/C15H14ClN3OS/c1-9-6-7-10(8-12(9)16)18-14(20)11-4-2-3-5-13(11)19-15(17)21/h2-8H,1H3,(H,18,20)(H3,17,19,21). The molecule has 0 atom stereocenters. The predicted octanol–water partition coefficient (Wildman–Crippen LogP) is 3.56. The molecule has 21 heavy (non-hydrogen) atoms. The van der Waals surface area contributed by atoms with Crippen LogP contribution in [-0.2, 0) is 0 Å². The SMILES string of the molecule is Cc1ccc(NC(=O)c2ccccc2NC(N)=S)cc1Cl. The zero-order valence-corrected chi connectivity index (χ0v) is 12.9. The lowest BCUT2D eigenvalue weighted by Crippen LogP contribution is -2.22. The normalized spacial score (nSPS) is 10.0. The molecule has 0 saturated carbocycles. The number of para-hydroxylation sites is 1. The van der Waals surface area contributed by atoms with E-state index in [0.29, 0.717) is 22.0 Å². The highest BCUT2D eigenvalue weighted by Gasteiger charge is 2.12. The van der Waals surface area contributed by atoms with Crippen LogP contribution in [0.1, 0.15) is 15.9 Å². The van der Waals surface area contributed by atoms with E-state index in [1.807, 2.05) is 13.0 Å². The van der Waals surface area contributed by atoms with Crippen LogP contribution in [0, 0.1) is 6.92 Å². The fourth-order valence-corrected chi connectivity index (χ4v) is 2.08. The first-order valence-corrected chi connectivity index (χ1v) is 6.99. The van der Waals surface area contributed by atoms with Gasteiger partial charge >= 0.3 is 0 Å². The summed E-state index contributed by atoms with van der Waals surface area (Å²) in [7, 11) is 0. The smallest absolute Gasteiger partial charge is 0.257 e. The third-order valence-electron chi connectivity index (χ3n) is 2.86. The number of hydrogen-bond donors (Lipinski definition) is 3. The van der Waals surface area contributed by atoms with Crippen molar-refractivity contribution in [3.63, 3.8) is 0 Å². The molecule has 0 bridgehead atoms. The third kappa shape index (κ3) is 3.93. The average Bonchev–Trinajstić information content (AvgIpc) is 2.43. The molecule has 6 heteroatoms. The third-order valence-corrected chi connectivity index (χ3v) is 3.37. The molecule has 0 fully saturated rings. The Morgan fingerprint density at radius 3 is 2.57 bits per heavy atom. The maximum absolute atomic E-state index is 12.3. The van der Waals surface area contributed by atoms with E-state index in [4.69, 9.17) is 29.6 Å². The van der Waals surface area contributed by atoms with E-state index in [2.05, 4.69) is 10.6 Å². The van der Waals surface area contributed by atoms with Crippen molar-refractivity contribution < 1.29 is 4.79 Å². The molecular weight excluding hydrogens is 306 g/mol. The van der Waals surface area contributed by atoms with Crippen LogP contribution >= 0.6 is 23.8 Å². The van der Waals surface area contributed by atoms with Crippen LogP contribution in [0.25, 0.3) is 0 Å². The number of aryl methyl sites for hydroxylation is 1. The highest BCUT2D eigenvalue weighted by molar-refractivity contribution is 7.80. The van der Waals surface area contributed by atoms with Crippen molar-refractivity contribution in [3.8, 4) is 0 Å². The summed E-state index contributed by atoms with van der Waals surface area (Å²) in [5.41, 5.74) is 8.03. The molecule has 4 nitrogen and oxygen atoms in total. The van der Waals surface area contributed by atoms with E-state index in [0.717, 1.165) is 5.56 Å². The van der Waals surface area contributed by atoms with Crippen molar-refractivity contribution in [2.75, 3.05) is 10.6 Å². The lowest BCUT2D eigenvalue weighted by atomic mass is 10.1. The Kier molecular flexibility index (Phi) is 4.77. The minimum absolute atomic E-state index is 0.105. The number of rotatable bonds is 3. The van der Waals surface area contributed by atoms with Gasteiger partial charge in [-0.05, 0) is 49.0 Å². The van der Waals surface area contributed by atoms with Crippen LogP contribution in [0.15, 0.2) is 42.5 Å². The van der Waals surface area contributed by atoms with Gasteiger partial charge in [-0.2, -0.15) is 0 Å². The van der Waals surface area contributed by atoms with E-state index in [1.54, 1.807) is 36.4 Å². The van der Waals surface area contributed by atoms with Gasteiger partial charge in [0.1, 0.15) is 0 Å². The molecular formula is C15H14ClN3OS. The van der Waals surface area contributed by atoms with Crippen molar-refractivity contribution >= 4 is 46.2 Å². The van der Waals surface area contributed by atoms with Crippen LogP contribution < -0.4 is 16.4 Å². The van der Waals surface area contributed by atoms with Gasteiger partial charge in [0.25, 0.3) is 5.91 Å². The first-order chi connectivity index (χ1) is 9.97. The summed E-state index contributed by atoms with van der Waals surface area (Å²) in [6, 6.07) is 12.3. The molecule has 0 saturated heterocycles. The molecule has 0 aromatic heterocycles. The maximum Gasteiger partial charge on any atom is 0.257 e. The molecule has 0 spiro atoms. The van der Waals surface area contributed by atoms with E-state index in [-0.39, 0.29) is 11.0 Å². The topological polar surface area (TPSA) is 67.2 Å². The number of carbonyl (C=O) groups excluding carboxylic acids is 1. The lowest BCUT2D eigenvalue weighted by molar-refractivity contribution is 0.102. The van der Waals surface area contributed by atoms with Gasteiger partial charge < -0.3 is 16.4 Å². The summed E-state index contributed by atoms with van der Waals surface area (Å²) in [5.74, 6) is -0.269. The molecule has 2 rings (SSSR count). The van der Waals surface area contributed by atoms with Crippen molar-refractivity contribution in [1.82, 2.24) is 0 Å². The lowest BCUT2D eigenvalue weighted by Gasteiger charge is -2.11. The van der Waals surface area contributed by atoms with E-state index in [9.17, 15) is 4.79 Å². The van der Waals surface area contributed by atoms with Crippen LogP contribution in [0.3, 0.4) is 0 Å². The summed E-state index contributed by atoms with van der Waals surface area (Å²) in [6.45, 7) is 1.90. The molecule has 2 aromatic rings. The molecule has 0 aliphatic rings. The quantitative estimate of drug-likeness (QED) is 0.757. The first-order valence-electron chi connectivity index (χ1n) is 6.20. The summed E-state index contributed by atoms with van der Waals surface area (Å²) in [5, 5.41) is 6.28. The molecule has 0 radical (unpaired) electrons. The Morgan fingerprint density at radius 1 is 1.19 bits per heavy atom.